The van der Waals surface area contributed by atoms with E-state index in [9.17, 15) is 19.0 Å². The van der Waals surface area contributed by atoms with Gasteiger partial charge in [0.15, 0.2) is 6.10 Å². The van der Waals surface area contributed by atoms with Crippen molar-refractivity contribution in [2.75, 3.05) is 26.4 Å². The van der Waals surface area contributed by atoms with E-state index >= 15 is 0 Å². The molecule has 0 radical (unpaired) electrons. The fourth-order valence-corrected chi connectivity index (χ4v) is 6.19. The highest BCUT2D eigenvalue weighted by Gasteiger charge is 2.25. The fraction of sp³-hybridized carbons (Fsp3) is 0.689. The lowest BCUT2D eigenvalue weighted by atomic mass is 10.1. The average molecular weight is 792 g/mol. The van der Waals surface area contributed by atoms with E-state index in [1.165, 1.54) is 64.2 Å². The molecule has 0 saturated carbocycles. The van der Waals surface area contributed by atoms with Gasteiger partial charge >= 0.3 is 19.8 Å². The van der Waals surface area contributed by atoms with Crippen LogP contribution < -0.4 is 5.73 Å². The van der Waals surface area contributed by atoms with Crippen molar-refractivity contribution >= 4 is 19.8 Å². The summed E-state index contributed by atoms with van der Waals surface area (Å²) in [6, 6.07) is 0. The largest absolute Gasteiger partial charge is 0.472 e. The Kier molecular flexibility index (Phi) is 39.2. The summed E-state index contributed by atoms with van der Waals surface area (Å²) in [5.41, 5.74) is 5.34. The Hall–Kier alpha value is -2.55. The number of rotatable bonds is 39. The van der Waals surface area contributed by atoms with Crippen LogP contribution in [0.1, 0.15) is 168 Å². The van der Waals surface area contributed by atoms with E-state index in [-0.39, 0.29) is 32.6 Å². The standard InChI is InChI=1S/C45H78NO8P/c1-3-5-7-9-11-13-15-17-19-21-23-25-27-29-31-33-35-37-44(47)51-41-43(42-53-55(49,50)52-40-39-46)54-45(48)38-36-34-32-30-28-26-24-22-20-18-16-14-12-10-8-6-4-2/h6,8,12,14,17-20,24,26,30,32,43H,3-5,7,9-11,13,15-16,21-23,25,27-29,31,33-42,46H2,1-2H3,(H,49,50)/t43-/m1/s1. The van der Waals surface area contributed by atoms with Crippen molar-refractivity contribution in [3.05, 3.63) is 72.9 Å². The van der Waals surface area contributed by atoms with Gasteiger partial charge in [-0.2, -0.15) is 0 Å². The lowest BCUT2D eigenvalue weighted by Gasteiger charge is -2.19. The van der Waals surface area contributed by atoms with Crippen LogP contribution in [0.15, 0.2) is 72.9 Å². The maximum Gasteiger partial charge on any atom is 0.472 e. The summed E-state index contributed by atoms with van der Waals surface area (Å²) in [6.45, 7) is 3.53. The van der Waals surface area contributed by atoms with Gasteiger partial charge in [-0.15, -0.1) is 0 Å². The molecule has 10 heteroatoms. The van der Waals surface area contributed by atoms with Gasteiger partial charge in [-0.05, 0) is 77.0 Å². The number of phosphoric acid groups is 1. The predicted molar refractivity (Wildman–Crippen MR) is 229 cm³/mol. The number of allylic oxidation sites excluding steroid dienone is 12. The Labute approximate surface area is 335 Å². The maximum absolute atomic E-state index is 12.6. The van der Waals surface area contributed by atoms with Gasteiger partial charge in [-0.3, -0.25) is 18.6 Å². The first-order valence-corrected chi connectivity index (χ1v) is 22.9. The van der Waals surface area contributed by atoms with E-state index in [1.807, 2.05) is 6.08 Å². The van der Waals surface area contributed by atoms with Crippen LogP contribution >= 0.6 is 7.82 Å². The summed E-state index contributed by atoms with van der Waals surface area (Å²) < 4.78 is 32.7. The Balaban J connectivity index is 4.27. The van der Waals surface area contributed by atoms with Crippen molar-refractivity contribution in [2.24, 2.45) is 5.73 Å². The summed E-state index contributed by atoms with van der Waals surface area (Å²) in [5.74, 6) is -0.907. The third kappa shape index (κ3) is 40.9. The molecule has 0 aromatic rings. The lowest BCUT2D eigenvalue weighted by molar-refractivity contribution is -0.161. The fourth-order valence-electron chi connectivity index (χ4n) is 5.43. The van der Waals surface area contributed by atoms with Gasteiger partial charge < -0.3 is 20.1 Å². The zero-order chi connectivity index (χ0) is 40.3. The van der Waals surface area contributed by atoms with E-state index < -0.39 is 32.5 Å². The molecule has 0 bridgehead atoms. The van der Waals surface area contributed by atoms with E-state index in [1.54, 1.807) is 0 Å². The average Bonchev–Trinajstić information content (AvgIpc) is 3.17. The molecule has 0 aliphatic carbocycles. The number of esters is 2. The summed E-state index contributed by atoms with van der Waals surface area (Å²) >= 11 is 0. The lowest BCUT2D eigenvalue weighted by Crippen LogP contribution is -2.29. The van der Waals surface area contributed by atoms with E-state index in [0.717, 1.165) is 64.2 Å². The van der Waals surface area contributed by atoms with E-state index in [4.69, 9.17) is 24.3 Å². The molecule has 316 valence electrons. The first-order chi connectivity index (χ1) is 26.8. The van der Waals surface area contributed by atoms with Gasteiger partial charge in [0, 0.05) is 19.4 Å². The first-order valence-electron chi connectivity index (χ1n) is 21.4. The molecular weight excluding hydrogens is 713 g/mol. The number of nitrogens with two attached hydrogens (primary N) is 1. The second-order valence-corrected chi connectivity index (χ2v) is 15.3. The van der Waals surface area contributed by atoms with Crippen LogP contribution in [0.2, 0.25) is 0 Å². The molecule has 0 fully saturated rings. The highest BCUT2D eigenvalue weighted by molar-refractivity contribution is 7.47. The molecule has 0 aromatic heterocycles. The topological polar surface area (TPSA) is 134 Å². The van der Waals surface area contributed by atoms with Crippen molar-refractivity contribution in [1.82, 2.24) is 0 Å². The number of ether oxygens (including phenoxy) is 2. The third-order valence-corrected chi connectivity index (χ3v) is 9.56. The van der Waals surface area contributed by atoms with Crippen molar-refractivity contribution < 1.29 is 37.6 Å². The molecule has 0 aliphatic heterocycles. The quantitative estimate of drug-likeness (QED) is 0.0270. The van der Waals surface area contributed by atoms with Crippen LogP contribution in [0, 0.1) is 0 Å². The molecule has 3 N–H and O–H groups in total. The SMILES string of the molecule is CCC=CCC=CCC=CCC=CCC=CCCCC(=O)O[C@H](COC(=O)CCCCCCCCCC=CCCCCCCCC)COP(=O)(O)OCCN. The molecule has 9 nitrogen and oxygen atoms in total. The summed E-state index contributed by atoms with van der Waals surface area (Å²) in [7, 11) is -4.40. The molecule has 0 rings (SSSR count). The third-order valence-electron chi connectivity index (χ3n) is 8.58. The van der Waals surface area contributed by atoms with Gasteiger partial charge in [0.1, 0.15) is 6.61 Å². The molecule has 2 atom stereocenters. The van der Waals surface area contributed by atoms with Crippen LogP contribution in [0.3, 0.4) is 0 Å². The minimum Gasteiger partial charge on any atom is -0.462 e. The van der Waals surface area contributed by atoms with Crippen molar-refractivity contribution in [3.63, 3.8) is 0 Å². The molecule has 0 spiro atoms. The Bertz CT molecular complexity index is 1130. The number of carbonyl (C=O) groups is 2. The zero-order valence-corrected chi connectivity index (χ0v) is 35.5. The number of phosphoric ester groups is 1. The minimum absolute atomic E-state index is 0.0405. The smallest absolute Gasteiger partial charge is 0.462 e. The molecule has 0 amide bonds. The number of carbonyl (C=O) groups excluding carboxylic acids is 2. The van der Waals surface area contributed by atoms with Gasteiger partial charge in [-0.25, -0.2) is 4.57 Å². The second-order valence-electron chi connectivity index (χ2n) is 13.8. The summed E-state index contributed by atoms with van der Waals surface area (Å²) in [6.07, 6.45) is 49.4. The van der Waals surface area contributed by atoms with Gasteiger partial charge in [-0.1, -0.05) is 151 Å². The van der Waals surface area contributed by atoms with Crippen molar-refractivity contribution in [1.29, 1.82) is 0 Å². The van der Waals surface area contributed by atoms with Crippen LogP contribution in [0.25, 0.3) is 0 Å². The molecule has 0 aliphatic rings. The molecular formula is C45H78NO8P. The summed E-state index contributed by atoms with van der Waals surface area (Å²) in [4.78, 5) is 34.8. The molecule has 0 heterocycles. The summed E-state index contributed by atoms with van der Waals surface area (Å²) in [5, 5.41) is 0. The number of hydrogen-bond donors (Lipinski definition) is 2. The highest BCUT2D eigenvalue weighted by atomic mass is 31.2. The van der Waals surface area contributed by atoms with Crippen molar-refractivity contribution in [3.8, 4) is 0 Å². The van der Waals surface area contributed by atoms with Gasteiger partial charge in [0.25, 0.3) is 0 Å². The maximum atomic E-state index is 12.6. The number of hydrogen-bond acceptors (Lipinski definition) is 8. The van der Waals surface area contributed by atoms with Crippen molar-refractivity contribution in [2.45, 2.75) is 174 Å². The van der Waals surface area contributed by atoms with Crippen LogP contribution in [-0.4, -0.2) is 49.3 Å². The van der Waals surface area contributed by atoms with Crippen LogP contribution in [0.4, 0.5) is 0 Å². The minimum atomic E-state index is -4.40. The van der Waals surface area contributed by atoms with E-state index in [2.05, 4.69) is 80.7 Å². The Morgan fingerprint density at radius 3 is 1.56 bits per heavy atom. The van der Waals surface area contributed by atoms with Crippen LogP contribution in [0.5, 0.6) is 0 Å². The zero-order valence-electron chi connectivity index (χ0n) is 34.6. The van der Waals surface area contributed by atoms with E-state index in [0.29, 0.717) is 12.8 Å². The Morgan fingerprint density at radius 1 is 0.564 bits per heavy atom. The molecule has 55 heavy (non-hydrogen) atoms. The van der Waals surface area contributed by atoms with Crippen LogP contribution in [-0.2, 0) is 32.7 Å². The van der Waals surface area contributed by atoms with Gasteiger partial charge in [0.05, 0.1) is 13.2 Å². The monoisotopic (exact) mass is 792 g/mol. The number of unbranched alkanes of at least 4 members (excludes halogenated alkanes) is 14. The van der Waals surface area contributed by atoms with Gasteiger partial charge in [0.2, 0.25) is 0 Å². The molecule has 0 aromatic carbocycles. The second kappa shape index (κ2) is 41.1. The highest BCUT2D eigenvalue weighted by Crippen LogP contribution is 2.43. The first kappa shape index (κ1) is 52.5. The normalized spacial score (nSPS) is 14.0. The Morgan fingerprint density at radius 2 is 1.02 bits per heavy atom. The molecule has 0 saturated heterocycles. The molecule has 1 unspecified atom stereocenters. The predicted octanol–water partition coefficient (Wildman–Crippen LogP) is 12.3.